The van der Waals surface area contributed by atoms with Crippen LogP contribution in [-0.2, 0) is 16.6 Å². The van der Waals surface area contributed by atoms with E-state index in [0.717, 1.165) is 22.3 Å². The highest BCUT2D eigenvalue weighted by atomic mass is 19.3. The molecule has 1 unspecified atom stereocenters. The van der Waals surface area contributed by atoms with Gasteiger partial charge in [-0.05, 0) is 22.3 Å². The van der Waals surface area contributed by atoms with Crippen LogP contribution in [-0.4, -0.2) is 51.9 Å². The van der Waals surface area contributed by atoms with Gasteiger partial charge in [0, 0.05) is 19.2 Å². The third-order valence-electron chi connectivity index (χ3n) is 5.64. The van der Waals surface area contributed by atoms with E-state index < -0.39 is 36.9 Å². The molecule has 11 heteroatoms. The monoisotopic (exact) mass is 484 g/mol. The van der Waals surface area contributed by atoms with E-state index in [1.54, 1.807) is 0 Å². The molecule has 1 heterocycles. The number of fused-ring (bicyclic) bond motifs is 3. The Bertz CT molecular complexity index is 1230. The van der Waals surface area contributed by atoms with Crippen LogP contribution in [0.15, 0.2) is 54.7 Å². The molecule has 4 rings (SSSR count). The number of hydrogen-bond donors (Lipinski definition) is 3. The Morgan fingerprint density at radius 2 is 1.69 bits per heavy atom. The number of aryl methyl sites for hydroxylation is 1. The van der Waals surface area contributed by atoms with Crippen LogP contribution < -0.4 is 10.6 Å². The van der Waals surface area contributed by atoms with Crippen LogP contribution in [0.1, 0.15) is 34.0 Å². The molecule has 2 aromatic carbocycles. The first-order valence-corrected chi connectivity index (χ1v) is 10.7. The largest absolute Gasteiger partial charge is 0.481 e. The SMILES string of the molecule is Cn1cc(NC(=O)OCC2c3ccccc3-c3ccccc32)c(C(=O)NC(CC(=O)O)C(F)F)n1. The molecule has 0 radical (unpaired) electrons. The molecule has 0 aliphatic heterocycles. The van der Waals surface area contributed by atoms with Gasteiger partial charge in [0.1, 0.15) is 12.6 Å². The van der Waals surface area contributed by atoms with E-state index in [0.29, 0.717) is 0 Å². The lowest BCUT2D eigenvalue weighted by Crippen LogP contribution is -2.42. The number of carbonyl (C=O) groups excluding carboxylic acids is 2. The van der Waals surface area contributed by atoms with Crippen molar-refractivity contribution in [3.63, 3.8) is 0 Å². The number of anilines is 1. The fraction of sp³-hybridized carbons (Fsp3) is 0.250. The van der Waals surface area contributed by atoms with E-state index >= 15 is 0 Å². The third kappa shape index (κ3) is 5.13. The predicted molar refractivity (Wildman–Crippen MR) is 121 cm³/mol. The van der Waals surface area contributed by atoms with Crippen molar-refractivity contribution in [1.82, 2.24) is 15.1 Å². The van der Waals surface area contributed by atoms with Crippen molar-refractivity contribution < 1.29 is 33.0 Å². The summed E-state index contributed by atoms with van der Waals surface area (Å²) in [6.45, 7) is 0.0354. The van der Waals surface area contributed by atoms with Crippen molar-refractivity contribution in [1.29, 1.82) is 0 Å². The standard InChI is InChI=1S/C24H22F2N4O5/c1-30-11-19(21(29-30)23(33)27-18(22(25)26)10-20(31)32)28-24(34)35-12-17-15-8-4-2-6-13(15)14-7-3-5-9-16(14)17/h2-9,11,17-18,22H,10,12H2,1H3,(H,27,33)(H,28,34)(H,31,32). The fourth-order valence-corrected chi connectivity index (χ4v) is 4.12. The molecule has 0 bridgehead atoms. The van der Waals surface area contributed by atoms with Gasteiger partial charge in [-0.3, -0.25) is 19.6 Å². The lowest BCUT2D eigenvalue weighted by Gasteiger charge is -2.16. The van der Waals surface area contributed by atoms with Crippen LogP contribution in [0, 0.1) is 0 Å². The summed E-state index contributed by atoms with van der Waals surface area (Å²) in [6.07, 6.45) is -3.61. The van der Waals surface area contributed by atoms with Crippen LogP contribution in [0.25, 0.3) is 11.1 Å². The number of amides is 2. The molecule has 35 heavy (non-hydrogen) atoms. The summed E-state index contributed by atoms with van der Waals surface area (Å²) >= 11 is 0. The number of benzene rings is 2. The first-order valence-electron chi connectivity index (χ1n) is 10.7. The number of aromatic nitrogens is 2. The number of aliphatic carboxylic acids is 1. The number of alkyl halides is 2. The van der Waals surface area contributed by atoms with E-state index in [4.69, 9.17) is 9.84 Å². The maximum Gasteiger partial charge on any atom is 0.411 e. The first kappa shape index (κ1) is 23.9. The van der Waals surface area contributed by atoms with Gasteiger partial charge in [-0.15, -0.1) is 0 Å². The molecule has 0 saturated heterocycles. The Morgan fingerprint density at radius 3 is 2.26 bits per heavy atom. The Kier molecular flexibility index (Phi) is 6.76. The van der Waals surface area contributed by atoms with Gasteiger partial charge in [-0.1, -0.05) is 48.5 Å². The van der Waals surface area contributed by atoms with Crippen LogP contribution in [0.3, 0.4) is 0 Å². The molecule has 3 aromatic rings. The van der Waals surface area contributed by atoms with Crippen molar-refractivity contribution in [3.05, 3.63) is 71.5 Å². The third-order valence-corrected chi connectivity index (χ3v) is 5.64. The summed E-state index contributed by atoms with van der Waals surface area (Å²) in [5, 5.41) is 17.1. The molecule has 0 saturated carbocycles. The predicted octanol–water partition coefficient (Wildman–Crippen LogP) is 3.62. The van der Waals surface area contributed by atoms with E-state index in [1.165, 1.54) is 17.9 Å². The average molecular weight is 484 g/mol. The van der Waals surface area contributed by atoms with E-state index in [-0.39, 0.29) is 23.9 Å². The smallest absolute Gasteiger partial charge is 0.411 e. The maximum atomic E-state index is 13.1. The number of ether oxygens (including phenoxy) is 1. The van der Waals surface area contributed by atoms with Gasteiger partial charge in [-0.2, -0.15) is 5.10 Å². The molecular weight excluding hydrogens is 462 g/mol. The van der Waals surface area contributed by atoms with Gasteiger partial charge in [0.15, 0.2) is 5.69 Å². The average Bonchev–Trinajstić information content (AvgIpc) is 3.34. The van der Waals surface area contributed by atoms with Gasteiger partial charge in [0.25, 0.3) is 12.3 Å². The number of carbonyl (C=O) groups is 3. The molecule has 2 amide bonds. The van der Waals surface area contributed by atoms with Crippen LogP contribution >= 0.6 is 0 Å². The number of hydrogen-bond acceptors (Lipinski definition) is 5. The van der Waals surface area contributed by atoms with Gasteiger partial charge in [0.05, 0.1) is 12.1 Å². The molecule has 1 aromatic heterocycles. The number of carboxylic acids is 1. The van der Waals surface area contributed by atoms with Gasteiger partial charge in [0.2, 0.25) is 0 Å². The van der Waals surface area contributed by atoms with E-state index in [1.807, 2.05) is 53.8 Å². The lowest BCUT2D eigenvalue weighted by atomic mass is 9.98. The second-order valence-electron chi connectivity index (χ2n) is 8.03. The fourth-order valence-electron chi connectivity index (χ4n) is 4.12. The highest BCUT2D eigenvalue weighted by Crippen LogP contribution is 2.44. The minimum atomic E-state index is -3.10. The second-order valence-corrected chi connectivity index (χ2v) is 8.03. The minimum absolute atomic E-state index is 0.0354. The van der Waals surface area contributed by atoms with Crippen molar-refractivity contribution in [2.45, 2.75) is 24.8 Å². The van der Waals surface area contributed by atoms with Gasteiger partial charge in [-0.25, -0.2) is 13.6 Å². The highest BCUT2D eigenvalue weighted by molar-refractivity contribution is 6.01. The van der Waals surface area contributed by atoms with Crippen LogP contribution in [0.4, 0.5) is 19.3 Å². The summed E-state index contributed by atoms with van der Waals surface area (Å²) < 4.78 is 32.9. The second kappa shape index (κ2) is 9.92. The maximum absolute atomic E-state index is 13.1. The molecule has 3 N–H and O–H groups in total. The topological polar surface area (TPSA) is 123 Å². The van der Waals surface area contributed by atoms with E-state index in [9.17, 15) is 23.2 Å². The zero-order chi connectivity index (χ0) is 25.1. The number of halogens is 2. The minimum Gasteiger partial charge on any atom is -0.481 e. The van der Waals surface area contributed by atoms with Crippen molar-refractivity contribution >= 4 is 23.7 Å². The Labute approximate surface area is 198 Å². The van der Waals surface area contributed by atoms with E-state index in [2.05, 4.69) is 10.4 Å². The zero-order valence-corrected chi connectivity index (χ0v) is 18.6. The highest BCUT2D eigenvalue weighted by Gasteiger charge is 2.30. The molecule has 1 atom stereocenters. The lowest BCUT2D eigenvalue weighted by molar-refractivity contribution is -0.138. The number of nitrogens with zero attached hydrogens (tertiary/aromatic N) is 2. The Balaban J connectivity index is 1.44. The molecule has 9 nitrogen and oxygen atoms in total. The first-order chi connectivity index (χ1) is 16.7. The summed E-state index contributed by atoms with van der Waals surface area (Å²) in [5.41, 5.74) is 3.78. The summed E-state index contributed by atoms with van der Waals surface area (Å²) in [6, 6.07) is 13.8. The van der Waals surface area contributed by atoms with Crippen LogP contribution in [0.5, 0.6) is 0 Å². The molecule has 0 fully saturated rings. The molecule has 0 spiro atoms. The summed E-state index contributed by atoms with van der Waals surface area (Å²) in [5.74, 6) is -2.72. The summed E-state index contributed by atoms with van der Waals surface area (Å²) in [7, 11) is 1.47. The molecule has 182 valence electrons. The number of nitrogens with one attached hydrogen (secondary N) is 2. The number of rotatable bonds is 8. The Hall–Kier alpha value is -4.28. The molecule has 1 aliphatic rings. The van der Waals surface area contributed by atoms with Crippen LogP contribution in [0.2, 0.25) is 0 Å². The van der Waals surface area contributed by atoms with Gasteiger partial charge < -0.3 is 15.2 Å². The Morgan fingerprint density at radius 1 is 1.09 bits per heavy atom. The van der Waals surface area contributed by atoms with Crippen molar-refractivity contribution in [2.75, 3.05) is 11.9 Å². The quantitative estimate of drug-likeness (QED) is 0.449. The van der Waals surface area contributed by atoms with Crippen molar-refractivity contribution in [3.8, 4) is 11.1 Å². The van der Waals surface area contributed by atoms with Crippen molar-refractivity contribution in [2.24, 2.45) is 7.05 Å². The normalized spacial score (nSPS) is 13.1. The molecular formula is C24H22F2N4O5. The molecule has 1 aliphatic carbocycles. The summed E-state index contributed by atoms with van der Waals surface area (Å²) in [4.78, 5) is 35.9. The number of carboxylic acid groups (broad SMARTS) is 1. The zero-order valence-electron chi connectivity index (χ0n) is 18.6. The van der Waals surface area contributed by atoms with Gasteiger partial charge >= 0.3 is 12.1 Å².